The van der Waals surface area contributed by atoms with Gasteiger partial charge in [0.15, 0.2) is 5.82 Å². The smallest absolute Gasteiger partial charge is 0.345 e. The summed E-state index contributed by atoms with van der Waals surface area (Å²) in [6.45, 7) is 6.50. The van der Waals surface area contributed by atoms with E-state index in [0.29, 0.717) is 11.4 Å². The molecule has 6 heteroatoms. The summed E-state index contributed by atoms with van der Waals surface area (Å²) in [5, 5.41) is 6.23. The Labute approximate surface area is 122 Å². The normalized spacial score (nSPS) is 11.4. The van der Waals surface area contributed by atoms with Crippen LogP contribution in [0.2, 0.25) is 0 Å². The summed E-state index contributed by atoms with van der Waals surface area (Å²) < 4.78 is 4.38. The summed E-state index contributed by atoms with van der Waals surface area (Å²) in [5.74, 6) is -0.535. The van der Waals surface area contributed by atoms with Gasteiger partial charge in [-0.2, -0.15) is 0 Å². The number of carbonyl (C=O) groups excluding carboxylic acids is 1. The summed E-state index contributed by atoms with van der Waals surface area (Å²) >= 11 is 0. The largest absolute Gasteiger partial charge is 0.438 e. The quantitative estimate of drug-likeness (QED) is 0.899. The summed E-state index contributed by atoms with van der Waals surface area (Å²) in [6, 6.07) is 7.51. The molecule has 0 saturated carbocycles. The second-order valence-electron chi connectivity index (χ2n) is 6.12. The van der Waals surface area contributed by atoms with E-state index in [9.17, 15) is 9.59 Å². The molecule has 2 N–H and O–H groups in total. The van der Waals surface area contributed by atoms with Crippen LogP contribution in [0.5, 0.6) is 0 Å². The maximum absolute atomic E-state index is 12.3. The third-order valence-electron chi connectivity index (χ3n) is 2.88. The fraction of sp³-hybridized carbons (Fsp3) is 0.400. The third kappa shape index (κ3) is 4.30. The molecule has 1 aromatic carbocycles. The van der Waals surface area contributed by atoms with Crippen LogP contribution in [-0.4, -0.2) is 16.0 Å². The number of aromatic amines is 1. The Morgan fingerprint density at radius 1 is 1.33 bits per heavy atom. The van der Waals surface area contributed by atoms with Crippen LogP contribution in [0, 0.1) is 5.41 Å². The van der Waals surface area contributed by atoms with Crippen molar-refractivity contribution in [2.24, 2.45) is 5.41 Å². The van der Waals surface area contributed by atoms with Crippen molar-refractivity contribution in [3.05, 3.63) is 51.8 Å². The van der Waals surface area contributed by atoms with E-state index in [1.54, 1.807) is 6.07 Å². The van der Waals surface area contributed by atoms with Crippen molar-refractivity contribution >= 4 is 5.91 Å². The van der Waals surface area contributed by atoms with Crippen LogP contribution in [0.4, 0.5) is 0 Å². The zero-order valence-electron chi connectivity index (χ0n) is 12.4. The Hall–Kier alpha value is -2.37. The highest BCUT2D eigenvalue weighted by molar-refractivity contribution is 5.95. The van der Waals surface area contributed by atoms with Gasteiger partial charge < -0.3 is 5.32 Å². The van der Waals surface area contributed by atoms with Gasteiger partial charge in [-0.1, -0.05) is 44.1 Å². The molecule has 0 unspecified atom stereocenters. The predicted octanol–water partition coefficient (Wildman–Crippen LogP) is 1.88. The molecule has 21 heavy (non-hydrogen) atoms. The summed E-state index contributed by atoms with van der Waals surface area (Å²) in [4.78, 5) is 25.5. The lowest BCUT2D eigenvalue weighted by Gasteiger charge is -2.20. The zero-order valence-corrected chi connectivity index (χ0v) is 12.4. The van der Waals surface area contributed by atoms with Crippen molar-refractivity contribution in [2.75, 3.05) is 0 Å². The van der Waals surface area contributed by atoms with Crippen LogP contribution < -0.4 is 11.1 Å². The van der Waals surface area contributed by atoms with E-state index in [4.69, 9.17) is 0 Å². The van der Waals surface area contributed by atoms with E-state index in [0.717, 1.165) is 12.0 Å². The third-order valence-corrected chi connectivity index (χ3v) is 2.88. The van der Waals surface area contributed by atoms with Crippen LogP contribution >= 0.6 is 0 Å². The molecule has 2 aromatic rings. The minimum absolute atomic E-state index is 0.0910. The first-order chi connectivity index (χ1) is 9.85. The number of nitrogens with one attached hydrogen (secondary N) is 2. The van der Waals surface area contributed by atoms with Gasteiger partial charge in [-0.15, -0.1) is 0 Å². The molecule has 0 fully saturated rings. The summed E-state index contributed by atoms with van der Waals surface area (Å²) in [7, 11) is 0. The lowest BCUT2D eigenvalue weighted by atomic mass is 9.86. The predicted molar refractivity (Wildman–Crippen MR) is 77.9 cm³/mol. The van der Waals surface area contributed by atoms with Gasteiger partial charge in [-0.25, -0.2) is 4.79 Å². The molecule has 2 rings (SSSR count). The number of nitrogens with zero attached hydrogens (tertiary/aromatic N) is 1. The maximum Gasteiger partial charge on any atom is 0.438 e. The number of H-pyrrole nitrogens is 1. The molecule has 0 radical (unpaired) electrons. The second kappa shape index (κ2) is 5.95. The fourth-order valence-electron chi connectivity index (χ4n) is 2.06. The topological polar surface area (TPSA) is 88.0 Å². The highest BCUT2D eigenvalue weighted by Crippen LogP contribution is 2.22. The van der Waals surface area contributed by atoms with Crippen molar-refractivity contribution in [2.45, 2.75) is 33.7 Å². The Kier molecular flexibility index (Phi) is 4.26. The van der Waals surface area contributed by atoms with E-state index >= 15 is 0 Å². The monoisotopic (exact) mass is 289 g/mol. The molecule has 1 heterocycles. The first-order valence-electron chi connectivity index (χ1n) is 6.76. The van der Waals surface area contributed by atoms with Crippen LogP contribution in [0.25, 0.3) is 0 Å². The van der Waals surface area contributed by atoms with Crippen LogP contribution in [0.1, 0.15) is 42.5 Å². The number of hydrogen-bond donors (Lipinski definition) is 2. The van der Waals surface area contributed by atoms with Crippen molar-refractivity contribution in [3.8, 4) is 0 Å². The lowest BCUT2D eigenvalue weighted by molar-refractivity contribution is 0.0948. The van der Waals surface area contributed by atoms with Gasteiger partial charge in [-0.05, 0) is 23.5 Å². The van der Waals surface area contributed by atoms with E-state index in [-0.39, 0.29) is 17.9 Å². The average Bonchev–Trinajstić information content (AvgIpc) is 2.80. The van der Waals surface area contributed by atoms with Gasteiger partial charge in [0.1, 0.15) is 0 Å². The summed E-state index contributed by atoms with van der Waals surface area (Å²) in [6.07, 6.45) is 0.803. The van der Waals surface area contributed by atoms with Crippen molar-refractivity contribution in [3.63, 3.8) is 0 Å². The number of amides is 1. The Balaban J connectivity index is 2.10. The first kappa shape index (κ1) is 15.0. The van der Waals surface area contributed by atoms with Gasteiger partial charge in [0, 0.05) is 5.56 Å². The SMILES string of the molecule is CC(C)(C)Cc1ccccc1C(=O)NCc1noc(=O)[nH]1. The van der Waals surface area contributed by atoms with Crippen LogP contribution in [0.3, 0.4) is 0 Å². The van der Waals surface area contributed by atoms with Gasteiger partial charge >= 0.3 is 5.76 Å². The van der Waals surface area contributed by atoms with Crippen molar-refractivity contribution < 1.29 is 9.32 Å². The fourth-order valence-corrected chi connectivity index (χ4v) is 2.06. The van der Waals surface area contributed by atoms with Gasteiger partial charge in [0.25, 0.3) is 5.91 Å². The van der Waals surface area contributed by atoms with E-state index in [2.05, 4.69) is 40.8 Å². The molecular formula is C15H19N3O3. The van der Waals surface area contributed by atoms with Gasteiger partial charge in [0.2, 0.25) is 0 Å². The number of carbonyl (C=O) groups is 1. The first-order valence-corrected chi connectivity index (χ1v) is 6.76. The van der Waals surface area contributed by atoms with Gasteiger partial charge in [0.05, 0.1) is 6.54 Å². The molecule has 0 aliphatic carbocycles. The molecule has 0 bridgehead atoms. The molecule has 0 saturated heterocycles. The minimum atomic E-state index is -0.632. The number of benzene rings is 1. The molecular weight excluding hydrogens is 270 g/mol. The Morgan fingerprint density at radius 3 is 2.67 bits per heavy atom. The molecule has 0 atom stereocenters. The van der Waals surface area contributed by atoms with Crippen LogP contribution in [0.15, 0.2) is 33.6 Å². The van der Waals surface area contributed by atoms with E-state index in [1.807, 2.05) is 18.2 Å². The second-order valence-corrected chi connectivity index (χ2v) is 6.12. The number of aromatic nitrogens is 2. The lowest BCUT2D eigenvalue weighted by Crippen LogP contribution is -2.25. The molecule has 1 aromatic heterocycles. The molecule has 0 spiro atoms. The van der Waals surface area contributed by atoms with E-state index in [1.165, 1.54) is 0 Å². The summed E-state index contributed by atoms with van der Waals surface area (Å²) in [5.41, 5.74) is 1.72. The highest BCUT2D eigenvalue weighted by Gasteiger charge is 2.17. The maximum atomic E-state index is 12.3. The standard InChI is InChI=1S/C15H19N3O3/c1-15(2,3)8-10-6-4-5-7-11(10)13(19)16-9-12-17-14(20)21-18-12/h4-7H,8-9H2,1-3H3,(H,16,19)(H,17,18,20). The highest BCUT2D eigenvalue weighted by atomic mass is 16.5. The Morgan fingerprint density at radius 2 is 2.05 bits per heavy atom. The van der Waals surface area contributed by atoms with Crippen molar-refractivity contribution in [1.29, 1.82) is 0 Å². The molecule has 6 nitrogen and oxygen atoms in total. The molecule has 1 amide bonds. The minimum Gasteiger partial charge on any atom is -0.345 e. The van der Waals surface area contributed by atoms with E-state index < -0.39 is 5.76 Å². The average molecular weight is 289 g/mol. The molecule has 112 valence electrons. The van der Waals surface area contributed by atoms with Crippen LogP contribution in [-0.2, 0) is 13.0 Å². The number of hydrogen-bond acceptors (Lipinski definition) is 4. The van der Waals surface area contributed by atoms with Crippen molar-refractivity contribution in [1.82, 2.24) is 15.5 Å². The molecule has 0 aliphatic rings. The Bertz CT molecular complexity index is 680. The zero-order chi connectivity index (χ0) is 15.5. The van der Waals surface area contributed by atoms with Gasteiger partial charge in [-0.3, -0.25) is 14.3 Å². The number of rotatable bonds is 4. The molecule has 0 aliphatic heterocycles.